The lowest BCUT2D eigenvalue weighted by Crippen LogP contribution is -2.60. The van der Waals surface area contributed by atoms with E-state index in [1.54, 1.807) is 6.92 Å². The molecule has 2 aliphatic heterocycles. The van der Waals surface area contributed by atoms with Crippen molar-refractivity contribution in [3.63, 3.8) is 0 Å². The lowest BCUT2D eigenvalue weighted by molar-refractivity contribution is -0.309. The van der Waals surface area contributed by atoms with Gasteiger partial charge in [0.05, 0.1) is 11.9 Å². The van der Waals surface area contributed by atoms with Gasteiger partial charge >= 0.3 is 5.69 Å². The molecule has 2 saturated heterocycles. The number of aryl methyl sites for hydroxylation is 2. The molecule has 0 amide bonds. The van der Waals surface area contributed by atoms with Crippen molar-refractivity contribution in [2.24, 2.45) is 0 Å². The maximum atomic E-state index is 12.6. The Balaban J connectivity index is 1.50. The van der Waals surface area contributed by atoms with Crippen LogP contribution in [0.15, 0.2) is 75.3 Å². The minimum atomic E-state index is -1.09. The van der Waals surface area contributed by atoms with E-state index >= 15 is 0 Å². The summed E-state index contributed by atoms with van der Waals surface area (Å²) in [5.41, 5.74) is 1.25. The zero-order chi connectivity index (χ0) is 23.8. The molecule has 3 heterocycles. The van der Waals surface area contributed by atoms with Crippen LogP contribution in [0.5, 0.6) is 0 Å². The van der Waals surface area contributed by atoms with E-state index in [1.807, 2.05) is 61.5 Å². The van der Waals surface area contributed by atoms with Crippen molar-refractivity contribution >= 4 is 11.8 Å². The molecule has 2 N–H and O–H groups in total. The highest BCUT2D eigenvalue weighted by Crippen LogP contribution is 2.43. The fraction of sp³-hybridized carbons (Fsp3) is 0.360. The van der Waals surface area contributed by atoms with E-state index in [2.05, 4.69) is 4.98 Å². The van der Waals surface area contributed by atoms with Crippen LogP contribution < -0.4 is 11.2 Å². The fourth-order valence-corrected chi connectivity index (χ4v) is 5.52. The Morgan fingerprint density at radius 1 is 1.03 bits per heavy atom. The highest BCUT2D eigenvalue weighted by Gasteiger charge is 2.50. The van der Waals surface area contributed by atoms with E-state index in [4.69, 9.17) is 14.2 Å². The first-order valence-corrected chi connectivity index (χ1v) is 12.0. The number of aliphatic hydroxyl groups is 1. The molecule has 1 aromatic heterocycles. The first-order valence-electron chi connectivity index (χ1n) is 11.1. The molecule has 2 aromatic carbocycles. The van der Waals surface area contributed by atoms with Crippen LogP contribution in [-0.2, 0) is 14.2 Å². The molecular weight excluding hydrogens is 456 g/mol. The zero-order valence-corrected chi connectivity index (χ0v) is 19.6. The van der Waals surface area contributed by atoms with Gasteiger partial charge in [0.15, 0.2) is 12.5 Å². The molecule has 0 aliphatic carbocycles. The number of nitrogens with one attached hydrogen (secondary N) is 1. The summed E-state index contributed by atoms with van der Waals surface area (Å²) in [6, 6.07) is 17.6. The van der Waals surface area contributed by atoms with Crippen molar-refractivity contribution in [1.29, 1.82) is 0 Å². The Kier molecular flexibility index (Phi) is 6.46. The summed E-state index contributed by atoms with van der Waals surface area (Å²) in [6.07, 6.45) is -2.28. The number of aliphatic hydroxyl groups excluding tert-OH is 1. The van der Waals surface area contributed by atoms with E-state index in [9.17, 15) is 14.7 Å². The Labute approximate surface area is 200 Å². The maximum absolute atomic E-state index is 12.6. The number of thioether (sulfide) groups is 1. The molecule has 0 bridgehead atoms. The molecule has 0 spiro atoms. The largest absolute Gasteiger partial charge is 0.387 e. The molecule has 9 heteroatoms. The van der Waals surface area contributed by atoms with Crippen LogP contribution in [-0.4, -0.2) is 44.8 Å². The Bertz CT molecular complexity index is 1260. The number of nitrogens with zero attached hydrogens (tertiary/aromatic N) is 1. The van der Waals surface area contributed by atoms with Gasteiger partial charge in [0.25, 0.3) is 5.56 Å². The predicted octanol–water partition coefficient (Wildman–Crippen LogP) is 2.69. The van der Waals surface area contributed by atoms with Gasteiger partial charge in [0, 0.05) is 22.2 Å². The van der Waals surface area contributed by atoms with Gasteiger partial charge in [-0.05, 0) is 26.0 Å². The number of aromatic nitrogens is 2. The molecule has 8 nitrogen and oxygen atoms in total. The first kappa shape index (κ1) is 23.1. The molecule has 2 aliphatic rings. The third-order valence-corrected chi connectivity index (χ3v) is 7.47. The summed E-state index contributed by atoms with van der Waals surface area (Å²) in [5.74, 6) is 0. The Hall–Kier alpha value is -2.69. The molecule has 178 valence electrons. The number of benzene rings is 2. The highest BCUT2D eigenvalue weighted by atomic mass is 32.2. The van der Waals surface area contributed by atoms with Crippen LogP contribution in [0.2, 0.25) is 0 Å². The second kappa shape index (κ2) is 9.52. The second-order valence-corrected chi connectivity index (χ2v) is 9.86. The van der Waals surface area contributed by atoms with E-state index in [1.165, 1.54) is 22.5 Å². The van der Waals surface area contributed by atoms with Crippen LogP contribution in [0.4, 0.5) is 0 Å². The highest BCUT2D eigenvalue weighted by molar-refractivity contribution is 8.00. The number of fused-ring (bicyclic) bond motifs is 1. The standard InChI is InChI=1S/C25H26N2O6S/c1-14-8-10-17(11-9-14)34-21-19(28)23(27-12-15(2)22(29)26-25(27)30)32-18-13-31-24(33-20(18)21)16-6-4-3-5-7-16/h3-12,18-21,23-24,28H,13H2,1-2H3,(H,26,29,30)/t18-,19+,20-,21+,23-,24-/m1/s1. The van der Waals surface area contributed by atoms with Gasteiger partial charge in [-0.15, -0.1) is 11.8 Å². The van der Waals surface area contributed by atoms with Crippen molar-refractivity contribution in [3.8, 4) is 0 Å². The van der Waals surface area contributed by atoms with Gasteiger partial charge in [0.2, 0.25) is 0 Å². The van der Waals surface area contributed by atoms with Gasteiger partial charge in [-0.3, -0.25) is 14.3 Å². The van der Waals surface area contributed by atoms with Crippen molar-refractivity contribution in [2.45, 2.75) is 54.8 Å². The van der Waals surface area contributed by atoms with Crippen molar-refractivity contribution < 1.29 is 19.3 Å². The molecule has 0 saturated carbocycles. The predicted molar refractivity (Wildman–Crippen MR) is 127 cm³/mol. The van der Waals surface area contributed by atoms with E-state index < -0.39 is 47.3 Å². The van der Waals surface area contributed by atoms with Crippen molar-refractivity contribution in [3.05, 3.63) is 98.3 Å². The van der Waals surface area contributed by atoms with Crippen molar-refractivity contribution in [2.75, 3.05) is 6.61 Å². The minimum absolute atomic E-state index is 0.232. The summed E-state index contributed by atoms with van der Waals surface area (Å²) in [6.45, 7) is 3.85. The Morgan fingerprint density at radius 2 is 1.76 bits per heavy atom. The number of H-pyrrole nitrogens is 1. The normalized spacial score (nSPS) is 28.9. The van der Waals surface area contributed by atoms with Gasteiger partial charge in [-0.25, -0.2) is 4.79 Å². The summed E-state index contributed by atoms with van der Waals surface area (Å²) in [4.78, 5) is 27.7. The smallest absolute Gasteiger partial charge is 0.330 e. The minimum Gasteiger partial charge on any atom is -0.387 e. The number of aromatic amines is 1. The van der Waals surface area contributed by atoms with Gasteiger partial charge in [-0.2, -0.15) is 0 Å². The summed E-state index contributed by atoms with van der Waals surface area (Å²) in [7, 11) is 0. The van der Waals surface area contributed by atoms with Gasteiger partial charge in [-0.1, -0.05) is 48.0 Å². The summed E-state index contributed by atoms with van der Waals surface area (Å²) < 4.78 is 19.7. The second-order valence-electron chi connectivity index (χ2n) is 8.61. The number of ether oxygens (including phenoxy) is 3. The third-order valence-electron chi connectivity index (χ3n) is 6.11. The topological polar surface area (TPSA) is 103 Å². The van der Waals surface area contributed by atoms with Crippen LogP contribution in [0.25, 0.3) is 0 Å². The molecule has 5 rings (SSSR count). The number of hydrogen-bond acceptors (Lipinski definition) is 7. The van der Waals surface area contributed by atoms with E-state index in [0.29, 0.717) is 5.56 Å². The van der Waals surface area contributed by atoms with E-state index in [0.717, 1.165) is 16.0 Å². The lowest BCUT2D eigenvalue weighted by Gasteiger charge is -2.48. The lowest BCUT2D eigenvalue weighted by atomic mass is 9.99. The van der Waals surface area contributed by atoms with Crippen LogP contribution >= 0.6 is 11.8 Å². The SMILES string of the molecule is Cc1ccc(S[C@H]2[C@H](O)[C@H](n3cc(C)c(=O)[nH]c3=O)O[C@@H]3CO[C@@H](c4ccccc4)O[C@@H]23)cc1. The molecule has 3 aromatic rings. The number of rotatable bonds is 4. The third kappa shape index (κ3) is 4.49. The van der Waals surface area contributed by atoms with E-state index in [-0.39, 0.29) is 6.61 Å². The molecule has 6 atom stereocenters. The molecule has 2 fully saturated rings. The van der Waals surface area contributed by atoms with Crippen molar-refractivity contribution in [1.82, 2.24) is 9.55 Å². The molecule has 0 radical (unpaired) electrons. The fourth-order valence-electron chi connectivity index (χ4n) is 4.27. The first-order chi connectivity index (χ1) is 16.4. The quantitative estimate of drug-likeness (QED) is 0.589. The molecule has 0 unspecified atom stereocenters. The summed E-state index contributed by atoms with van der Waals surface area (Å²) in [5, 5.41) is 11.0. The molecule has 34 heavy (non-hydrogen) atoms. The van der Waals surface area contributed by atoms with Gasteiger partial charge in [0.1, 0.15) is 18.3 Å². The maximum Gasteiger partial charge on any atom is 0.330 e. The van der Waals surface area contributed by atoms with Gasteiger partial charge < -0.3 is 19.3 Å². The Morgan fingerprint density at radius 3 is 2.50 bits per heavy atom. The average molecular weight is 483 g/mol. The monoisotopic (exact) mass is 482 g/mol. The summed E-state index contributed by atoms with van der Waals surface area (Å²) >= 11 is 1.48. The molecular formula is C25H26N2O6S. The average Bonchev–Trinajstić information content (AvgIpc) is 2.85. The van der Waals surface area contributed by atoms with Crippen LogP contribution in [0.1, 0.15) is 29.2 Å². The zero-order valence-electron chi connectivity index (χ0n) is 18.8. The van der Waals surface area contributed by atoms with Crippen LogP contribution in [0, 0.1) is 13.8 Å². The van der Waals surface area contributed by atoms with Crippen LogP contribution in [0.3, 0.4) is 0 Å². The number of hydrogen-bond donors (Lipinski definition) is 2.